The number of aliphatic hydroxyl groups is 1. The van der Waals surface area contributed by atoms with Gasteiger partial charge in [0.2, 0.25) is 5.90 Å². The summed E-state index contributed by atoms with van der Waals surface area (Å²) in [7, 11) is 4.84. The highest BCUT2D eigenvalue weighted by Crippen LogP contribution is 2.43. The maximum atomic E-state index is 14.5. The minimum atomic E-state index is -1.40. The Kier molecular flexibility index (Phi) is 11.9. The number of carbonyl (C=O) groups excluding carboxylic acids is 1. The lowest BCUT2D eigenvalue weighted by Gasteiger charge is -2.31. The molecule has 252 valence electrons. The molecule has 0 fully saturated rings. The summed E-state index contributed by atoms with van der Waals surface area (Å²) < 4.78 is 29.7. The lowest BCUT2D eigenvalue weighted by molar-refractivity contribution is -0.130. The van der Waals surface area contributed by atoms with Gasteiger partial charge >= 0.3 is 0 Å². The molecule has 1 aliphatic heterocycles. The molecule has 11 heteroatoms. The second kappa shape index (κ2) is 16.5. The second-order valence-electron chi connectivity index (χ2n) is 11.2. The van der Waals surface area contributed by atoms with E-state index in [-0.39, 0.29) is 18.9 Å². The highest BCUT2D eigenvalue weighted by Gasteiger charge is 2.53. The Morgan fingerprint density at radius 3 is 2.35 bits per heavy atom. The molecule has 0 bridgehead atoms. The standard InChI is InChI=1S/C37H40BrN3O7/c1-44-31-7-4-6-28(23-31)34-37(24-25-8-12-29(38)13-9-25,40-35(48-34)26-10-14-30(15-11-26)47-21-5-20-42)36(43)41-39-19-18-27-22-32(45-2)16-17-33(27)46-3/h4,6-17,22-23,34,39,42H,5,18-21,24H2,1-3H3,(H,41,43)/t34-,37-/m0/s1. The first-order valence-electron chi connectivity index (χ1n) is 15.6. The summed E-state index contributed by atoms with van der Waals surface area (Å²) in [6, 6.07) is 28.3. The van der Waals surface area contributed by atoms with Crippen LogP contribution in [0.3, 0.4) is 0 Å². The van der Waals surface area contributed by atoms with Crippen molar-refractivity contribution in [2.45, 2.75) is 30.9 Å². The van der Waals surface area contributed by atoms with Crippen molar-refractivity contribution in [3.8, 4) is 23.0 Å². The molecule has 1 amide bonds. The van der Waals surface area contributed by atoms with Crippen molar-refractivity contribution >= 4 is 27.7 Å². The molecule has 1 aliphatic rings. The quantitative estimate of drug-likeness (QED) is 0.101. The predicted molar refractivity (Wildman–Crippen MR) is 187 cm³/mol. The Morgan fingerprint density at radius 1 is 0.917 bits per heavy atom. The van der Waals surface area contributed by atoms with Crippen LogP contribution in [0.1, 0.15) is 34.8 Å². The van der Waals surface area contributed by atoms with Gasteiger partial charge in [-0.05, 0) is 89.8 Å². The van der Waals surface area contributed by atoms with E-state index >= 15 is 0 Å². The van der Waals surface area contributed by atoms with E-state index in [0.29, 0.717) is 49.0 Å². The van der Waals surface area contributed by atoms with Crippen LogP contribution in [0.2, 0.25) is 0 Å². The number of halogens is 1. The molecule has 0 aliphatic carbocycles. The molecular weight excluding hydrogens is 678 g/mol. The molecule has 1 heterocycles. The first-order chi connectivity index (χ1) is 23.4. The first kappa shape index (κ1) is 34.7. The van der Waals surface area contributed by atoms with Crippen LogP contribution in [0.25, 0.3) is 0 Å². The number of ether oxygens (including phenoxy) is 5. The van der Waals surface area contributed by atoms with Crippen molar-refractivity contribution in [3.63, 3.8) is 0 Å². The second-order valence-corrected chi connectivity index (χ2v) is 12.1. The van der Waals surface area contributed by atoms with E-state index in [2.05, 4.69) is 26.8 Å². The SMILES string of the molecule is COc1cccc([C@@H]2OC(c3ccc(OCCCO)cc3)=N[C@]2(Cc2ccc(Br)cc2)C(=O)NNCCc2cc(OC)ccc2OC)c1. The smallest absolute Gasteiger partial charge is 0.266 e. The molecule has 48 heavy (non-hydrogen) atoms. The molecule has 0 saturated carbocycles. The van der Waals surface area contributed by atoms with Gasteiger partial charge in [-0.1, -0.05) is 40.2 Å². The van der Waals surface area contributed by atoms with Gasteiger partial charge in [-0.3, -0.25) is 10.2 Å². The van der Waals surface area contributed by atoms with Crippen LogP contribution in [0.5, 0.6) is 23.0 Å². The number of rotatable bonds is 16. The van der Waals surface area contributed by atoms with Crippen molar-refractivity contribution in [2.24, 2.45) is 4.99 Å². The summed E-state index contributed by atoms with van der Waals surface area (Å²) >= 11 is 3.52. The van der Waals surface area contributed by atoms with Gasteiger partial charge in [0.15, 0.2) is 11.6 Å². The normalized spacial score (nSPS) is 16.9. The van der Waals surface area contributed by atoms with Gasteiger partial charge in [0, 0.05) is 36.0 Å². The fraction of sp³-hybridized carbons (Fsp3) is 0.297. The maximum absolute atomic E-state index is 14.5. The predicted octanol–water partition coefficient (Wildman–Crippen LogP) is 5.60. The Labute approximate surface area is 289 Å². The van der Waals surface area contributed by atoms with Crippen LogP contribution >= 0.6 is 15.9 Å². The summed E-state index contributed by atoms with van der Waals surface area (Å²) in [6.07, 6.45) is 0.573. The number of aliphatic hydroxyl groups excluding tert-OH is 1. The van der Waals surface area contributed by atoms with Crippen LogP contribution in [0, 0.1) is 0 Å². The third-order valence-corrected chi connectivity index (χ3v) is 8.55. The van der Waals surface area contributed by atoms with E-state index in [1.165, 1.54) is 0 Å². The number of nitrogens with one attached hydrogen (secondary N) is 2. The lowest BCUT2D eigenvalue weighted by atomic mass is 9.82. The molecule has 10 nitrogen and oxygen atoms in total. The highest BCUT2D eigenvalue weighted by atomic mass is 79.9. The highest BCUT2D eigenvalue weighted by molar-refractivity contribution is 9.10. The molecule has 4 aromatic rings. The van der Waals surface area contributed by atoms with Gasteiger partial charge in [0.25, 0.3) is 5.91 Å². The monoisotopic (exact) mass is 717 g/mol. The number of hydrazine groups is 1. The molecule has 0 aromatic heterocycles. The van der Waals surface area contributed by atoms with E-state index in [0.717, 1.165) is 32.7 Å². The Balaban J connectivity index is 1.48. The Bertz CT molecular complexity index is 1700. The van der Waals surface area contributed by atoms with E-state index < -0.39 is 11.6 Å². The number of hydrogen-bond donors (Lipinski definition) is 3. The third kappa shape index (κ3) is 8.28. The molecular formula is C37H40BrN3O7. The summed E-state index contributed by atoms with van der Waals surface area (Å²) in [5.74, 6) is 2.73. The van der Waals surface area contributed by atoms with Crippen molar-refractivity contribution in [1.82, 2.24) is 10.9 Å². The number of aliphatic imine (C=N–C) groups is 1. The molecule has 4 aromatic carbocycles. The molecule has 0 saturated heterocycles. The van der Waals surface area contributed by atoms with Gasteiger partial charge in [0.05, 0.1) is 27.9 Å². The number of methoxy groups -OCH3 is 3. The van der Waals surface area contributed by atoms with Crippen LogP contribution in [-0.4, -0.2) is 63.5 Å². The fourth-order valence-corrected chi connectivity index (χ4v) is 5.79. The molecule has 0 spiro atoms. The van der Waals surface area contributed by atoms with Crippen molar-refractivity contribution in [3.05, 3.63) is 118 Å². The molecule has 2 atom stereocenters. The number of amides is 1. The van der Waals surface area contributed by atoms with Gasteiger partial charge in [-0.15, -0.1) is 0 Å². The topological polar surface area (TPSA) is 120 Å². The number of benzene rings is 4. The summed E-state index contributed by atoms with van der Waals surface area (Å²) in [5, 5.41) is 9.09. The minimum Gasteiger partial charge on any atom is -0.497 e. The Morgan fingerprint density at radius 2 is 1.65 bits per heavy atom. The van der Waals surface area contributed by atoms with Crippen molar-refractivity contribution < 1.29 is 33.6 Å². The van der Waals surface area contributed by atoms with Gasteiger partial charge < -0.3 is 28.8 Å². The van der Waals surface area contributed by atoms with Gasteiger partial charge in [-0.25, -0.2) is 10.4 Å². The summed E-state index contributed by atoms with van der Waals surface area (Å²) in [4.78, 5) is 19.6. The summed E-state index contributed by atoms with van der Waals surface area (Å²) in [6.45, 7) is 0.878. The van der Waals surface area contributed by atoms with Crippen LogP contribution in [0.15, 0.2) is 100 Å². The largest absolute Gasteiger partial charge is 0.497 e. The zero-order valence-electron chi connectivity index (χ0n) is 27.2. The molecule has 3 N–H and O–H groups in total. The van der Waals surface area contributed by atoms with Crippen LogP contribution in [-0.2, 0) is 22.4 Å². The average molecular weight is 719 g/mol. The van der Waals surface area contributed by atoms with E-state index in [1.807, 2.05) is 91.0 Å². The lowest BCUT2D eigenvalue weighted by Crippen LogP contribution is -2.54. The molecule has 5 rings (SSSR count). The van der Waals surface area contributed by atoms with E-state index in [9.17, 15) is 4.79 Å². The van der Waals surface area contributed by atoms with E-state index in [4.69, 9.17) is 33.8 Å². The average Bonchev–Trinajstić information content (AvgIpc) is 3.51. The number of nitrogens with zero attached hydrogens (tertiary/aromatic N) is 1. The van der Waals surface area contributed by atoms with Crippen LogP contribution in [0.4, 0.5) is 0 Å². The zero-order valence-corrected chi connectivity index (χ0v) is 28.8. The Hall–Kier alpha value is -4.58. The van der Waals surface area contributed by atoms with Gasteiger partial charge in [0.1, 0.15) is 23.0 Å². The minimum absolute atomic E-state index is 0.0565. The third-order valence-electron chi connectivity index (χ3n) is 8.02. The number of hydrogen-bond acceptors (Lipinski definition) is 9. The van der Waals surface area contributed by atoms with Crippen LogP contribution < -0.4 is 29.8 Å². The molecule has 0 radical (unpaired) electrons. The first-order valence-corrected chi connectivity index (χ1v) is 16.4. The summed E-state index contributed by atoms with van der Waals surface area (Å²) in [5.41, 5.74) is 7.94. The molecule has 0 unspecified atom stereocenters. The van der Waals surface area contributed by atoms with Gasteiger partial charge in [-0.2, -0.15) is 0 Å². The zero-order chi connectivity index (χ0) is 33.9. The maximum Gasteiger partial charge on any atom is 0.266 e. The van der Waals surface area contributed by atoms with Crippen molar-refractivity contribution in [2.75, 3.05) is 41.1 Å². The van der Waals surface area contributed by atoms with Crippen molar-refractivity contribution in [1.29, 1.82) is 0 Å². The number of carbonyl (C=O) groups is 1. The van der Waals surface area contributed by atoms with E-state index in [1.54, 1.807) is 21.3 Å². The fourth-order valence-electron chi connectivity index (χ4n) is 5.53.